The molecule has 21 heavy (non-hydrogen) atoms. The minimum absolute atomic E-state index is 0.0356. The lowest BCUT2D eigenvalue weighted by molar-refractivity contribution is 0.627. The maximum Gasteiger partial charge on any atom is 0.286 e. The van der Waals surface area contributed by atoms with Gasteiger partial charge in [0.05, 0.1) is 11.4 Å². The fourth-order valence-corrected chi connectivity index (χ4v) is 3.66. The molecule has 0 aliphatic heterocycles. The summed E-state index contributed by atoms with van der Waals surface area (Å²) >= 11 is 4.55. The number of amidine groups is 1. The summed E-state index contributed by atoms with van der Waals surface area (Å²) in [6.07, 6.45) is 0. The lowest BCUT2D eigenvalue weighted by Crippen LogP contribution is -2.20. The van der Waals surface area contributed by atoms with Crippen molar-refractivity contribution >= 4 is 32.9 Å². The van der Waals surface area contributed by atoms with Crippen molar-refractivity contribution in [3.63, 3.8) is 0 Å². The average Bonchev–Trinajstić information content (AvgIpc) is 2.57. The van der Waals surface area contributed by atoms with Crippen LogP contribution in [0.15, 0.2) is 27.5 Å². The van der Waals surface area contributed by atoms with Crippen LogP contribution in [0.2, 0.25) is 0 Å². The van der Waals surface area contributed by atoms with E-state index in [4.69, 9.17) is 11.1 Å². The molecule has 1 aromatic carbocycles. The molecule has 2 rings (SSSR count). The van der Waals surface area contributed by atoms with Crippen molar-refractivity contribution in [2.45, 2.75) is 19.6 Å². The van der Waals surface area contributed by atoms with Gasteiger partial charge in [0.2, 0.25) is 0 Å². The first kappa shape index (κ1) is 15.9. The van der Waals surface area contributed by atoms with Crippen LogP contribution in [0.4, 0.5) is 0 Å². The summed E-state index contributed by atoms with van der Waals surface area (Å²) in [6, 6.07) is 6.02. The highest BCUT2D eigenvalue weighted by Gasteiger charge is 2.17. The minimum atomic E-state index is -0.110. The van der Waals surface area contributed by atoms with Crippen molar-refractivity contribution in [2.24, 2.45) is 12.8 Å². The maximum atomic E-state index is 12.5. The van der Waals surface area contributed by atoms with Crippen LogP contribution in [0.5, 0.6) is 0 Å². The summed E-state index contributed by atoms with van der Waals surface area (Å²) in [7, 11) is 1.83. The Kier molecular flexibility index (Phi) is 4.63. The molecule has 0 saturated heterocycles. The number of thioether (sulfide) groups is 1. The average molecular weight is 369 g/mol. The van der Waals surface area contributed by atoms with Crippen molar-refractivity contribution in [1.29, 1.82) is 5.41 Å². The van der Waals surface area contributed by atoms with Gasteiger partial charge in [-0.25, -0.2) is 4.68 Å². The fourth-order valence-electron chi connectivity index (χ4n) is 2.28. The van der Waals surface area contributed by atoms with E-state index in [-0.39, 0.29) is 10.7 Å². The summed E-state index contributed by atoms with van der Waals surface area (Å²) in [5.41, 5.74) is 9.11. The standard InChI is InChI=1S/C14H17BrN4OS/c1-8-4-9(2)6-10(5-8)19-13(20)12(15)11(18(19)3)7-21-14(16)17/h4-6H,7H2,1-3H3,(H3,16,17). The van der Waals surface area contributed by atoms with Crippen LogP contribution in [-0.2, 0) is 12.8 Å². The van der Waals surface area contributed by atoms with Crippen molar-refractivity contribution in [2.75, 3.05) is 0 Å². The van der Waals surface area contributed by atoms with E-state index in [2.05, 4.69) is 22.0 Å². The van der Waals surface area contributed by atoms with Crippen molar-refractivity contribution in [3.05, 3.63) is 49.8 Å². The molecule has 1 aromatic heterocycles. The summed E-state index contributed by atoms with van der Waals surface area (Å²) < 4.78 is 3.94. The second-order valence-electron chi connectivity index (χ2n) is 4.90. The molecule has 0 bridgehead atoms. The molecule has 112 valence electrons. The molecule has 0 atom stereocenters. The Morgan fingerprint density at radius 1 is 1.33 bits per heavy atom. The van der Waals surface area contributed by atoms with Gasteiger partial charge in [0, 0.05) is 12.8 Å². The van der Waals surface area contributed by atoms with Gasteiger partial charge < -0.3 is 5.73 Å². The third kappa shape index (κ3) is 3.24. The third-order valence-corrected chi connectivity index (χ3v) is 4.67. The predicted octanol–water partition coefficient (Wildman–Crippen LogP) is 2.68. The number of halogens is 1. The molecular weight excluding hydrogens is 352 g/mol. The number of nitrogens with two attached hydrogens (primary N) is 1. The van der Waals surface area contributed by atoms with E-state index >= 15 is 0 Å². The highest BCUT2D eigenvalue weighted by atomic mass is 79.9. The van der Waals surface area contributed by atoms with Gasteiger partial charge in [-0.15, -0.1) is 0 Å². The maximum absolute atomic E-state index is 12.5. The van der Waals surface area contributed by atoms with Crippen molar-refractivity contribution in [1.82, 2.24) is 9.36 Å². The summed E-state index contributed by atoms with van der Waals surface area (Å²) in [4.78, 5) is 12.5. The normalized spacial score (nSPS) is 10.9. The van der Waals surface area contributed by atoms with Gasteiger partial charge >= 0.3 is 0 Å². The Hall–Kier alpha value is -1.47. The Balaban J connectivity index is 2.57. The smallest absolute Gasteiger partial charge is 0.286 e. The molecule has 0 saturated carbocycles. The first-order valence-electron chi connectivity index (χ1n) is 6.33. The van der Waals surface area contributed by atoms with Crippen LogP contribution in [0, 0.1) is 19.3 Å². The quantitative estimate of drug-likeness (QED) is 0.645. The van der Waals surface area contributed by atoms with E-state index < -0.39 is 0 Å². The largest absolute Gasteiger partial charge is 0.379 e. The molecule has 0 fully saturated rings. The second kappa shape index (κ2) is 6.11. The number of hydrogen-bond acceptors (Lipinski definition) is 3. The zero-order chi connectivity index (χ0) is 15.7. The van der Waals surface area contributed by atoms with Gasteiger partial charge in [-0.3, -0.25) is 14.9 Å². The van der Waals surface area contributed by atoms with Gasteiger partial charge in [0.25, 0.3) is 5.56 Å². The fraction of sp³-hybridized carbons (Fsp3) is 0.286. The Labute approximate surface area is 135 Å². The minimum Gasteiger partial charge on any atom is -0.379 e. The zero-order valence-electron chi connectivity index (χ0n) is 12.1. The van der Waals surface area contributed by atoms with Crippen LogP contribution in [0.1, 0.15) is 16.8 Å². The molecule has 3 N–H and O–H groups in total. The van der Waals surface area contributed by atoms with Crippen molar-refractivity contribution < 1.29 is 0 Å². The topological polar surface area (TPSA) is 76.8 Å². The zero-order valence-corrected chi connectivity index (χ0v) is 14.5. The lowest BCUT2D eigenvalue weighted by atomic mass is 10.1. The van der Waals surface area contributed by atoms with Gasteiger partial charge in [-0.1, -0.05) is 17.8 Å². The molecule has 5 nitrogen and oxygen atoms in total. The summed E-state index contributed by atoms with van der Waals surface area (Å²) in [5, 5.41) is 7.33. The Bertz CT molecular complexity index is 743. The first-order valence-corrected chi connectivity index (χ1v) is 8.11. The van der Waals surface area contributed by atoms with Crippen LogP contribution in [0.25, 0.3) is 5.69 Å². The molecule has 0 radical (unpaired) electrons. The molecule has 1 heterocycles. The molecule has 0 unspecified atom stereocenters. The number of nitrogens with one attached hydrogen (secondary N) is 1. The highest BCUT2D eigenvalue weighted by molar-refractivity contribution is 9.10. The van der Waals surface area contributed by atoms with Crippen LogP contribution in [0.3, 0.4) is 0 Å². The van der Waals surface area contributed by atoms with Gasteiger partial charge in [0.1, 0.15) is 4.47 Å². The number of nitrogens with zero attached hydrogens (tertiary/aromatic N) is 2. The van der Waals surface area contributed by atoms with Crippen LogP contribution in [-0.4, -0.2) is 14.5 Å². The first-order chi connectivity index (χ1) is 9.81. The van der Waals surface area contributed by atoms with E-state index in [1.807, 2.05) is 33.0 Å². The number of benzene rings is 1. The van der Waals surface area contributed by atoms with Gasteiger partial charge in [-0.2, -0.15) is 0 Å². The van der Waals surface area contributed by atoms with Gasteiger partial charge in [0.15, 0.2) is 5.17 Å². The third-order valence-electron chi connectivity index (χ3n) is 3.14. The van der Waals surface area contributed by atoms with Crippen LogP contribution < -0.4 is 11.3 Å². The number of aromatic nitrogens is 2. The van der Waals surface area contributed by atoms with E-state index in [1.54, 1.807) is 9.36 Å². The molecule has 0 aliphatic carbocycles. The van der Waals surface area contributed by atoms with Gasteiger partial charge in [-0.05, 0) is 53.0 Å². The SMILES string of the molecule is Cc1cc(C)cc(-n2c(=O)c(Br)c(CSC(=N)N)n2C)c1. The van der Waals surface area contributed by atoms with E-state index in [0.29, 0.717) is 10.2 Å². The molecular formula is C14H17BrN4OS. The molecule has 0 amide bonds. The van der Waals surface area contributed by atoms with Crippen molar-refractivity contribution in [3.8, 4) is 5.69 Å². The lowest BCUT2D eigenvalue weighted by Gasteiger charge is -2.11. The summed E-state index contributed by atoms with van der Waals surface area (Å²) in [6.45, 7) is 4.01. The molecule has 0 aliphatic rings. The van der Waals surface area contributed by atoms with Crippen LogP contribution >= 0.6 is 27.7 Å². The highest BCUT2D eigenvalue weighted by Crippen LogP contribution is 2.21. The number of aryl methyl sites for hydroxylation is 2. The van der Waals surface area contributed by atoms with E-state index in [1.165, 1.54) is 11.8 Å². The van der Waals surface area contributed by atoms with E-state index in [9.17, 15) is 4.79 Å². The Morgan fingerprint density at radius 3 is 2.43 bits per heavy atom. The monoisotopic (exact) mass is 368 g/mol. The molecule has 0 spiro atoms. The predicted molar refractivity (Wildman–Crippen MR) is 91.4 cm³/mol. The van der Waals surface area contributed by atoms with E-state index in [0.717, 1.165) is 22.5 Å². The number of rotatable bonds is 3. The molecule has 2 aromatic rings. The number of hydrogen-bond donors (Lipinski definition) is 2. The Morgan fingerprint density at radius 2 is 1.90 bits per heavy atom. The molecule has 7 heteroatoms. The second-order valence-corrected chi connectivity index (χ2v) is 6.71. The summed E-state index contributed by atoms with van der Waals surface area (Å²) in [5.74, 6) is 0.472.